The number of hydrogen-bond donors (Lipinski definition) is 1. The van der Waals surface area contributed by atoms with Gasteiger partial charge in [0.1, 0.15) is 11.5 Å². The molecule has 1 unspecified atom stereocenters. The molecular weight excluding hydrogens is 262 g/mol. The van der Waals surface area contributed by atoms with Crippen molar-refractivity contribution in [2.45, 2.75) is 25.9 Å². The van der Waals surface area contributed by atoms with Crippen molar-refractivity contribution < 1.29 is 9.47 Å². The molecule has 0 spiro atoms. The minimum atomic E-state index is 0.350. The van der Waals surface area contributed by atoms with Gasteiger partial charge in [0.25, 0.3) is 0 Å². The van der Waals surface area contributed by atoms with E-state index in [1.165, 1.54) is 5.56 Å². The summed E-state index contributed by atoms with van der Waals surface area (Å²) in [6.07, 6.45) is 1.05. The predicted molar refractivity (Wildman–Crippen MR) is 85.9 cm³/mol. The van der Waals surface area contributed by atoms with Crippen molar-refractivity contribution in [3.63, 3.8) is 0 Å². The molecule has 0 fully saturated rings. The Hall–Kier alpha value is -2.00. The van der Waals surface area contributed by atoms with E-state index in [0.29, 0.717) is 6.04 Å². The first kappa shape index (κ1) is 15.4. The van der Waals surface area contributed by atoms with E-state index in [-0.39, 0.29) is 0 Å². The fraction of sp³-hybridized carbons (Fsp3) is 0.333. The van der Waals surface area contributed by atoms with Crippen molar-refractivity contribution in [2.75, 3.05) is 14.2 Å². The molecule has 0 bridgehead atoms. The topological polar surface area (TPSA) is 30.5 Å². The maximum Gasteiger partial charge on any atom is 0.122 e. The highest BCUT2D eigenvalue weighted by Crippen LogP contribution is 2.23. The Morgan fingerprint density at radius 1 is 0.952 bits per heavy atom. The second-order valence-corrected chi connectivity index (χ2v) is 4.97. The van der Waals surface area contributed by atoms with Crippen molar-refractivity contribution in [2.24, 2.45) is 0 Å². The van der Waals surface area contributed by atoms with Crippen LogP contribution in [-0.4, -0.2) is 14.2 Å². The lowest BCUT2D eigenvalue weighted by Gasteiger charge is -2.18. The van der Waals surface area contributed by atoms with E-state index in [1.807, 2.05) is 24.3 Å². The predicted octanol–water partition coefficient (Wildman–Crippen LogP) is 3.94. The minimum absolute atomic E-state index is 0.350. The summed E-state index contributed by atoms with van der Waals surface area (Å²) >= 11 is 0. The zero-order chi connectivity index (χ0) is 15.1. The average molecular weight is 285 g/mol. The van der Waals surface area contributed by atoms with Crippen LogP contribution in [0.25, 0.3) is 0 Å². The number of nitrogens with one attached hydrogen (secondary N) is 1. The van der Waals surface area contributed by atoms with Crippen LogP contribution in [-0.2, 0) is 6.54 Å². The highest BCUT2D eigenvalue weighted by molar-refractivity contribution is 5.38. The molecule has 0 amide bonds. The Balaban J connectivity index is 2.07. The fourth-order valence-corrected chi connectivity index (χ4v) is 2.39. The summed E-state index contributed by atoms with van der Waals surface area (Å²) in [5.74, 6) is 1.64. The van der Waals surface area contributed by atoms with Crippen LogP contribution in [0.2, 0.25) is 0 Å². The third-order valence-corrected chi connectivity index (χ3v) is 3.57. The van der Waals surface area contributed by atoms with Gasteiger partial charge in [0.05, 0.1) is 14.2 Å². The van der Waals surface area contributed by atoms with E-state index in [4.69, 9.17) is 9.47 Å². The normalized spacial score (nSPS) is 12.0. The third kappa shape index (κ3) is 4.23. The summed E-state index contributed by atoms with van der Waals surface area (Å²) in [6.45, 7) is 2.97. The average Bonchev–Trinajstić information content (AvgIpc) is 2.56. The number of ether oxygens (including phenoxy) is 2. The Morgan fingerprint density at radius 3 is 2.10 bits per heavy atom. The number of hydrogen-bond acceptors (Lipinski definition) is 3. The maximum atomic E-state index is 5.31. The molecule has 0 aliphatic heterocycles. The minimum Gasteiger partial charge on any atom is -0.497 e. The zero-order valence-electron chi connectivity index (χ0n) is 12.9. The van der Waals surface area contributed by atoms with E-state index in [2.05, 4.69) is 36.5 Å². The fourth-order valence-electron chi connectivity index (χ4n) is 2.39. The van der Waals surface area contributed by atoms with Gasteiger partial charge >= 0.3 is 0 Å². The van der Waals surface area contributed by atoms with Crippen molar-refractivity contribution in [1.82, 2.24) is 5.32 Å². The van der Waals surface area contributed by atoms with Crippen LogP contribution in [0.1, 0.15) is 30.5 Å². The zero-order valence-corrected chi connectivity index (χ0v) is 12.9. The van der Waals surface area contributed by atoms with Gasteiger partial charge in [0.15, 0.2) is 0 Å². The van der Waals surface area contributed by atoms with Gasteiger partial charge in [0, 0.05) is 18.7 Å². The first-order valence-electron chi connectivity index (χ1n) is 7.27. The van der Waals surface area contributed by atoms with Gasteiger partial charge in [-0.3, -0.25) is 0 Å². The highest BCUT2D eigenvalue weighted by atomic mass is 16.5. The van der Waals surface area contributed by atoms with E-state index < -0.39 is 0 Å². The van der Waals surface area contributed by atoms with E-state index in [1.54, 1.807) is 14.2 Å². The van der Waals surface area contributed by atoms with Crippen LogP contribution in [0.5, 0.6) is 11.5 Å². The summed E-state index contributed by atoms with van der Waals surface area (Å²) in [7, 11) is 3.34. The summed E-state index contributed by atoms with van der Waals surface area (Å²) in [5.41, 5.74) is 2.47. The number of rotatable bonds is 7. The second-order valence-electron chi connectivity index (χ2n) is 4.97. The lowest BCUT2D eigenvalue weighted by atomic mass is 10.0. The van der Waals surface area contributed by atoms with Gasteiger partial charge < -0.3 is 14.8 Å². The first-order chi connectivity index (χ1) is 10.3. The lowest BCUT2D eigenvalue weighted by molar-refractivity contribution is 0.392. The maximum absolute atomic E-state index is 5.31. The lowest BCUT2D eigenvalue weighted by Crippen LogP contribution is -2.20. The standard InChI is InChI=1S/C18H23NO2/c1-4-18(15-8-6-5-7-9-15)19-13-14-10-16(20-2)12-17(11-14)21-3/h5-12,18-19H,4,13H2,1-3H3. The first-order valence-corrected chi connectivity index (χ1v) is 7.27. The Kier molecular flexibility index (Phi) is 5.64. The monoisotopic (exact) mass is 285 g/mol. The molecule has 0 aromatic heterocycles. The Labute approximate surface area is 126 Å². The van der Waals surface area contributed by atoms with Gasteiger partial charge in [-0.15, -0.1) is 0 Å². The van der Waals surface area contributed by atoms with E-state index in [9.17, 15) is 0 Å². The van der Waals surface area contributed by atoms with Crippen LogP contribution in [0.15, 0.2) is 48.5 Å². The van der Waals surface area contributed by atoms with Crippen LogP contribution in [0.4, 0.5) is 0 Å². The van der Waals surface area contributed by atoms with Crippen molar-refractivity contribution in [3.05, 3.63) is 59.7 Å². The molecule has 2 aromatic carbocycles. The molecule has 1 atom stereocenters. The molecule has 0 aliphatic rings. The molecule has 2 rings (SSSR count). The van der Waals surface area contributed by atoms with E-state index in [0.717, 1.165) is 30.0 Å². The van der Waals surface area contributed by atoms with Crippen LogP contribution in [0, 0.1) is 0 Å². The molecule has 0 heterocycles. The van der Waals surface area contributed by atoms with Crippen LogP contribution in [0.3, 0.4) is 0 Å². The van der Waals surface area contributed by atoms with Gasteiger partial charge in [-0.05, 0) is 29.7 Å². The van der Waals surface area contributed by atoms with Crippen LogP contribution >= 0.6 is 0 Å². The molecule has 0 aliphatic carbocycles. The molecule has 21 heavy (non-hydrogen) atoms. The number of benzene rings is 2. The number of methoxy groups -OCH3 is 2. The Morgan fingerprint density at radius 2 is 1.57 bits per heavy atom. The quantitative estimate of drug-likeness (QED) is 0.835. The largest absolute Gasteiger partial charge is 0.497 e. The van der Waals surface area contributed by atoms with E-state index >= 15 is 0 Å². The van der Waals surface area contributed by atoms with Gasteiger partial charge in [0.2, 0.25) is 0 Å². The summed E-state index contributed by atoms with van der Waals surface area (Å²) in [5, 5.41) is 3.59. The van der Waals surface area contributed by atoms with Gasteiger partial charge in [-0.2, -0.15) is 0 Å². The molecule has 0 saturated carbocycles. The van der Waals surface area contributed by atoms with Crippen LogP contribution < -0.4 is 14.8 Å². The third-order valence-electron chi connectivity index (χ3n) is 3.57. The second kappa shape index (κ2) is 7.70. The SMILES string of the molecule is CCC(NCc1cc(OC)cc(OC)c1)c1ccccc1. The summed E-state index contributed by atoms with van der Waals surface area (Å²) in [4.78, 5) is 0. The van der Waals surface area contributed by atoms with Crippen molar-refractivity contribution in [1.29, 1.82) is 0 Å². The Bertz CT molecular complexity index is 532. The summed E-state index contributed by atoms with van der Waals surface area (Å²) in [6, 6.07) is 16.8. The van der Waals surface area contributed by atoms with Gasteiger partial charge in [-0.25, -0.2) is 0 Å². The molecule has 0 saturated heterocycles. The molecule has 0 radical (unpaired) electrons. The molecule has 1 N–H and O–H groups in total. The van der Waals surface area contributed by atoms with Crippen molar-refractivity contribution >= 4 is 0 Å². The smallest absolute Gasteiger partial charge is 0.122 e. The summed E-state index contributed by atoms with van der Waals surface area (Å²) < 4.78 is 10.6. The van der Waals surface area contributed by atoms with Gasteiger partial charge in [-0.1, -0.05) is 37.3 Å². The highest BCUT2D eigenvalue weighted by Gasteiger charge is 2.09. The molecule has 3 nitrogen and oxygen atoms in total. The van der Waals surface area contributed by atoms with Crippen molar-refractivity contribution in [3.8, 4) is 11.5 Å². The molecule has 3 heteroatoms. The molecule has 2 aromatic rings. The molecule has 112 valence electrons. The molecular formula is C18H23NO2.